The van der Waals surface area contributed by atoms with E-state index in [-0.39, 0.29) is 11.1 Å². The lowest BCUT2D eigenvalue weighted by molar-refractivity contribution is -0.147. The third-order valence-corrected chi connectivity index (χ3v) is 4.63. The monoisotopic (exact) mass is 418 g/mol. The minimum atomic E-state index is -0.864. The first kappa shape index (κ1) is 20.0. The van der Waals surface area contributed by atoms with Crippen LogP contribution in [0.15, 0.2) is 60.7 Å². The molecule has 3 aromatic rings. The van der Waals surface area contributed by atoms with Crippen LogP contribution in [0.3, 0.4) is 0 Å². The number of amides is 3. The summed E-state index contributed by atoms with van der Waals surface area (Å²) in [6.45, 7) is 0.652. The van der Waals surface area contributed by atoms with E-state index in [2.05, 4.69) is 10.4 Å². The quantitative estimate of drug-likeness (QED) is 0.484. The molecule has 1 aromatic heterocycles. The summed E-state index contributed by atoms with van der Waals surface area (Å²) in [5.41, 5.74) is 1.93. The molecule has 4 rings (SSSR count). The van der Waals surface area contributed by atoms with E-state index in [1.54, 1.807) is 29.8 Å². The Morgan fingerprint density at radius 2 is 1.58 bits per heavy atom. The van der Waals surface area contributed by atoms with E-state index in [9.17, 15) is 19.2 Å². The second-order valence-electron chi connectivity index (χ2n) is 6.87. The molecule has 0 saturated heterocycles. The van der Waals surface area contributed by atoms with E-state index >= 15 is 0 Å². The van der Waals surface area contributed by atoms with Gasteiger partial charge in [-0.25, -0.2) is 4.68 Å². The fourth-order valence-electron chi connectivity index (χ4n) is 3.24. The Morgan fingerprint density at radius 1 is 0.968 bits per heavy atom. The van der Waals surface area contributed by atoms with Crippen molar-refractivity contribution in [2.45, 2.75) is 6.92 Å². The number of imide groups is 1. The largest absolute Gasteiger partial charge is 0.454 e. The summed E-state index contributed by atoms with van der Waals surface area (Å²) in [6, 6.07) is 17.2. The number of hydrogen-bond donors (Lipinski definition) is 1. The van der Waals surface area contributed by atoms with Gasteiger partial charge >= 0.3 is 5.97 Å². The summed E-state index contributed by atoms with van der Waals surface area (Å²) in [5, 5.41) is 6.99. The van der Waals surface area contributed by atoms with Gasteiger partial charge in [0.1, 0.15) is 12.4 Å². The van der Waals surface area contributed by atoms with Crippen LogP contribution >= 0.6 is 0 Å². The van der Waals surface area contributed by atoms with Gasteiger partial charge in [-0.15, -0.1) is 0 Å². The van der Waals surface area contributed by atoms with Crippen molar-refractivity contribution in [2.75, 3.05) is 18.5 Å². The number of benzene rings is 2. The number of ether oxygens (including phenoxy) is 1. The molecule has 2 heterocycles. The molecule has 1 aliphatic rings. The lowest BCUT2D eigenvalue weighted by Crippen LogP contribution is -2.36. The third-order valence-electron chi connectivity index (χ3n) is 4.63. The molecule has 0 bridgehead atoms. The van der Waals surface area contributed by atoms with Crippen LogP contribution in [0.4, 0.5) is 5.82 Å². The van der Waals surface area contributed by atoms with Crippen molar-refractivity contribution in [1.82, 2.24) is 14.7 Å². The van der Waals surface area contributed by atoms with Crippen LogP contribution in [0.2, 0.25) is 0 Å². The highest BCUT2D eigenvalue weighted by Crippen LogP contribution is 2.22. The summed E-state index contributed by atoms with van der Waals surface area (Å²) in [7, 11) is 0. The highest BCUT2D eigenvalue weighted by atomic mass is 16.5. The summed E-state index contributed by atoms with van der Waals surface area (Å²) in [4.78, 5) is 49.8. The van der Waals surface area contributed by atoms with Gasteiger partial charge in [-0.2, -0.15) is 5.10 Å². The molecule has 0 spiro atoms. The van der Waals surface area contributed by atoms with Crippen LogP contribution in [0.5, 0.6) is 0 Å². The van der Waals surface area contributed by atoms with Gasteiger partial charge in [-0.3, -0.25) is 24.1 Å². The molecule has 3 amide bonds. The fourth-order valence-corrected chi connectivity index (χ4v) is 3.24. The summed E-state index contributed by atoms with van der Waals surface area (Å²) in [5.74, 6) is -2.15. The first-order chi connectivity index (χ1) is 14.9. The Morgan fingerprint density at radius 3 is 2.23 bits per heavy atom. The maximum Gasteiger partial charge on any atom is 0.326 e. The number of fused-ring (bicyclic) bond motifs is 1. The molecule has 9 heteroatoms. The number of nitrogens with zero attached hydrogens (tertiary/aromatic N) is 3. The number of carbonyl (C=O) groups is 4. The molecular formula is C22H18N4O5. The van der Waals surface area contributed by atoms with Gasteiger partial charge in [-0.05, 0) is 31.2 Å². The molecule has 1 N–H and O–H groups in total. The van der Waals surface area contributed by atoms with Crippen LogP contribution < -0.4 is 5.32 Å². The number of esters is 1. The van der Waals surface area contributed by atoms with Crippen LogP contribution in [0, 0.1) is 6.92 Å². The molecule has 0 aliphatic carbocycles. The van der Waals surface area contributed by atoms with E-state index in [4.69, 9.17) is 4.74 Å². The van der Waals surface area contributed by atoms with Crippen LogP contribution in [-0.4, -0.2) is 51.5 Å². The van der Waals surface area contributed by atoms with Crippen molar-refractivity contribution in [3.05, 3.63) is 77.5 Å². The third kappa shape index (κ3) is 4.06. The van der Waals surface area contributed by atoms with E-state index in [1.165, 1.54) is 12.1 Å². The Labute approximate surface area is 177 Å². The van der Waals surface area contributed by atoms with Crippen molar-refractivity contribution >= 4 is 29.5 Å². The van der Waals surface area contributed by atoms with Crippen molar-refractivity contribution in [3.8, 4) is 5.69 Å². The lowest BCUT2D eigenvalue weighted by Gasteiger charge is -2.13. The molecule has 0 fully saturated rings. The fraction of sp³-hybridized carbons (Fsp3) is 0.136. The lowest BCUT2D eigenvalue weighted by atomic mass is 10.1. The number of para-hydroxylation sites is 1. The van der Waals surface area contributed by atoms with E-state index in [0.717, 1.165) is 10.6 Å². The van der Waals surface area contributed by atoms with E-state index in [0.29, 0.717) is 11.5 Å². The molecule has 0 atom stereocenters. The van der Waals surface area contributed by atoms with Gasteiger partial charge < -0.3 is 10.1 Å². The number of aromatic nitrogens is 2. The normalized spacial score (nSPS) is 12.6. The van der Waals surface area contributed by atoms with Crippen molar-refractivity contribution in [1.29, 1.82) is 0 Å². The number of nitrogens with one attached hydrogen (secondary N) is 1. The highest BCUT2D eigenvalue weighted by Gasteiger charge is 2.36. The van der Waals surface area contributed by atoms with E-state index < -0.39 is 36.8 Å². The highest BCUT2D eigenvalue weighted by molar-refractivity contribution is 6.22. The van der Waals surface area contributed by atoms with Crippen molar-refractivity contribution in [2.24, 2.45) is 0 Å². The van der Waals surface area contributed by atoms with Crippen LogP contribution in [0.25, 0.3) is 5.69 Å². The summed E-state index contributed by atoms with van der Waals surface area (Å²) < 4.78 is 6.52. The molecule has 9 nitrogen and oxygen atoms in total. The zero-order valence-corrected chi connectivity index (χ0v) is 16.6. The first-order valence-electron chi connectivity index (χ1n) is 9.47. The van der Waals surface area contributed by atoms with Gasteiger partial charge in [-0.1, -0.05) is 30.3 Å². The Balaban J connectivity index is 1.35. The van der Waals surface area contributed by atoms with Gasteiger partial charge in [0.2, 0.25) is 0 Å². The average molecular weight is 418 g/mol. The van der Waals surface area contributed by atoms with Crippen molar-refractivity contribution in [3.63, 3.8) is 0 Å². The number of hydrogen-bond acceptors (Lipinski definition) is 6. The summed E-state index contributed by atoms with van der Waals surface area (Å²) >= 11 is 0. The molecule has 2 aromatic carbocycles. The van der Waals surface area contributed by atoms with Crippen LogP contribution in [0.1, 0.15) is 26.4 Å². The Bertz CT molecular complexity index is 1150. The minimum Gasteiger partial charge on any atom is -0.454 e. The molecule has 0 radical (unpaired) electrons. The number of anilines is 1. The smallest absolute Gasteiger partial charge is 0.326 e. The average Bonchev–Trinajstić information content (AvgIpc) is 3.25. The summed E-state index contributed by atoms with van der Waals surface area (Å²) in [6.07, 6.45) is 0. The zero-order valence-electron chi connectivity index (χ0n) is 16.6. The van der Waals surface area contributed by atoms with E-state index in [1.807, 2.05) is 30.3 Å². The molecule has 1 aliphatic heterocycles. The molecular weight excluding hydrogens is 400 g/mol. The Kier molecular flexibility index (Phi) is 5.31. The van der Waals surface area contributed by atoms with Gasteiger partial charge in [0, 0.05) is 6.07 Å². The van der Waals surface area contributed by atoms with Gasteiger partial charge in [0.25, 0.3) is 17.7 Å². The number of aryl methyl sites for hydroxylation is 1. The Hall–Kier alpha value is -4.27. The van der Waals surface area contributed by atoms with Gasteiger partial charge in [0.15, 0.2) is 6.61 Å². The second-order valence-corrected chi connectivity index (χ2v) is 6.87. The predicted octanol–water partition coefficient (Wildman–Crippen LogP) is 1.96. The molecule has 31 heavy (non-hydrogen) atoms. The van der Waals surface area contributed by atoms with Gasteiger partial charge in [0.05, 0.1) is 22.5 Å². The first-order valence-corrected chi connectivity index (χ1v) is 9.47. The minimum absolute atomic E-state index is 0.239. The molecule has 0 unspecified atom stereocenters. The maximum atomic E-state index is 12.3. The van der Waals surface area contributed by atoms with Crippen molar-refractivity contribution < 1.29 is 23.9 Å². The topological polar surface area (TPSA) is 111 Å². The predicted molar refractivity (Wildman–Crippen MR) is 110 cm³/mol. The molecule has 156 valence electrons. The van der Waals surface area contributed by atoms with Crippen LogP contribution in [-0.2, 0) is 14.3 Å². The SMILES string of the molecule is Cc1cc(NC(=O)COC(=O)CN2C(=O)c3ccccc3C2=O)n(-c2ccccc2)n1. The maximum absolute atomic E-state index is 12.3. The number of carbonyl (C=O) groups excluding carboxylic acids is 4. The molecule has 0 saturated carbocycles. The standard InChI is InChI=1S/C22H18N4O5/c1-14-11-18(26(24-14)15-7-3-2-4-8-15)23-19(27)13-31-20(28)12-25-21(29)16-9-5-6-10-17(16)22(25)30/h2-11H,12-13H2,1H3,(H,23,27). The number of rotatable bonds is 6. The second kappa shape index (κ2) is 8.23. The zero-order chi connectivity index (χ0) is 22.0.